The van der Waals surface area contributed by atoms with Crippen LogP contribution in [0.4, 0.5) is 0 Å². The van der Waals surface area contributed by atoms with Crippen molar-refractivity contribution in [3.8, 4) is 11.5 Å². The van der Waals surface area contributed by atoms with E-state index < -0.39 is 6.04 Å². The molecule has 0 radical (unpaired) electrons. The number of nitrogens with one attached hydrogen (secondary N) is 2. The molecule has 7 heteroatoms. The molecule has 0 saturated carbocycles. The second-order valence-electron chi connectivity index (χ2n) is 5.23. The van der Waals surface area contributed by atoms with Gasteiger partial charge in [0.25, 0.3) is 0 Å². The van der Waals surface area contributed by atoms with Crippen molar-refractivity contribution in [1.82, 2.24) is 15.5 Å². The van der Waals surface area contributed by atoms with Crippen molar-refractivity contribution >= 4 is 5.91 Å². The Bertz CT molecular complexity index is 691. The van der Waals surface area contributed by atoms with Crippen LogP contribution < -0.4 is 20.5 Å². The molecule has 22 heavy (non-hydrogen) atoms. The van der Waals surface area contributed by atoms with Gasteiger partial charge in [-0.15, -0.1) is 0 Å². The summed E-state index contributed by atoms with van der Waals surface area (Å²) in [5.74, 6) is 1.17. The van der Waals surface area contributed by atoms with Gasteiger partial charge in [0.1, 0.15) is 6.04 Å². The van der Waals surface area contributed by atoms with E-state index in [1.807, 2.05) is 32.0 Å². The van der Waals surface area contributed by atoms with Crippen molar-refractivity contribution in [3.63, 3.8) is 0 Å². The molecule has 1 aromatic carbocycles. The molecule has 1 aliphatic rings. The van der Waals surface area contributed by atoms with Crippen molar-refractivity contribution in [1.29, 1.82) is 0 Å². The number of amides is 1. The van der Waals surface area contributed by atoms with E-state index in [0.29, 0.717) is 12.3 Å². The maximum absolute atomic E-state index is 12.2. The molecule has 7 nitrogen and oxygen atoms in total. The summed E-state index contributed by atoms with van der Waals surface area (Å²) in [6.07, 6.45) is 0. The average molecular weight is 302 g/mol. The summed E-state index contributed by atoms with van der Waals surface area (Å²) in [5, 5.41) is 9.73. The zero-order chi connectivity index (χ0) is 15.7. The van der Waals surface area contributed by atoms with Crippen LogP contribution in [-0.4, -0.2) is 22.9 Å². The summed E-state index contributed by atoms with van der Waals surface area (Å²) in [7, 11) is 0. The first-order valence-electron chi connectivity index (χ1n) is 6.99. The number of aromatic nitrogens is 2. The number of fused-ring (bicyclic) bond motifs is 1. The third-order valence-electron chi connectivity index (χ3n) is 3.68. The molecule has 4 N–H and O–H groups in total. The number of nitrogens with zero attached hydrogens (tertiary/aromatic N) is 1. The van der Waals surface area contributed by atoms with E-state index in [2.05, 4.69) is 15.5 Å². The standard InChI is InChI=1S/C15H18N4O3/c1-8-13(9(2)19-18-8)14(16)15(20)17-6-10-3-4-11-12(5-10)22-7-21-11/h3-5,14H,6-7,16H2,1-2H3,(H,17,20)(H,18,19). The van der Waals surface area contributed by atoms with E-state index in [1.165, 1.54) is 0 Å². The van der Waals surface area contributed by atoms with Crippen molar-refractivity contribution in [2.24, 2.45) is 5.73 Å². The average Bonchev–Trinajstić information content (AvgIpc) is 3.10. The highest BCUT2D eigenvalue weighted by Crippen LogP contribution is 2.32. The van der Waals surface area contributed by atoms with Gasteiger partial charge in [-0.25, -0.2) is 0 Å². The van der Waals surface area contributed by atoms with Crippen LogP contribution in [0.5, 0.6) is 11.5 Å². The monoisotopic (exact) mass is 302 g/mol. The van der Waals surface area contributed by atoms with E-state index in [1.54, 1.807) is 0 Å². The Hall–Kier alpha value is -2.54. The highest BCUT2D eigenvalue weighted by molar-refractivity contribution is 5.83. The van der Waals surface area contributed by atoms with Crippen molar-refractivity contribution in [3.05, 3.63) is 40.7 Å². The number of hydrogen-bond acceptors (Lipinski definition) is 5. The number of nitrogens with two attached hydrogens (primary N) is 1. The second kappa shape index (κ2) is 5.69. The van der Waals surface area contributed by atoms with E-state index in [0.717, 1.165) is 28.3 Å². The number of rotatable bonds is 4. The Balaban J connectivity index is 1.65. The molecule has 0 spiro atoms. The molecule has 1 aromatic heterocycles. The van der Waals surface area contributed by atoms with E-state index in [-0.39, 0.29) is 12.7 Å². The van der Waals surface area contributed by atoms with Gasteiger partial charge in [-0.2, -0.15) is 5.10 Å². The lowest BCUT2D eigenvalue weighted by Crippen LogP contribution is -2.34. The van der Waals surface area contributed by atoms with Crippen molar-refractivity contribution in [2.45, 2.75) is 26.4 Å². The molecular formula is C15H18N4O3. The van der Waals surface area contributed by atoms with E-state index in [4.69, 9.17) is 15.2 Å². The van der Waals surface area contributed by atoms with Crippen LogP contribution in [0, 0.1) is 13.8 Å². The Morgan fingerprint density at radius 3 is 2.91 bits per heavy atom. The lowest BCUT2D eigenvalue weighted by molar-refractivity contribution is -0.122. The summed E-state index contributed by atoms with van der Waals surface area (Å²) in [4.78, 5) is 12.2. The molecule has 1 aliphatic heterocycles. The van der Waals surface area contributed by atoms with Gasteiger partial charge in [0, 0.05) is 17.8 Å². The van der Waals surface area contributed by atoms with E-state index >= 15 is 0 Å². The van der Waals surface area contributed by atoms with Crippen LogP contribution in [-0.2, 0) is 11.3 Å². The largest absolute Gasteiger partial charge is 0.454 e. The fourth-order valence-corrected chi connectivity index (χ4v) is 2.50. The molecule has 0 saturated heterocycles. The van der Waals surface area contributed by atoms with Gasteiger partial charge in [0.15, 0.2) is 11.5 Å². The molecule has 0 bridgehead atoms. The number of carbonyl (C=O) groups is 1. The van der Waals surface area contributed by atoms with Crippen LogP contribution in [0.15, 0.2) is 18.2 Å². The second-order valence-corrected chi connectivity index (χ2v) is 5.23. The van der Waals surface area contributed by atoms with E-state index in [9.17, 15) is 4.79 Å². The predicted molar refractivity (Wildman–Crippen MR) is 79.4 cm³/mol. The summed E-state index contributed by atoms with van der Waals surface area (Å²) < 4.78 is 10.6. The maximum atomic E-state index is 12.2. The summed E-state index contributed by atoms with van der Waals surface area (Å²) in [5.41, 5.74) is 9.23. The highest BCUT2D eigenvalue weighted by atomic mass is 16.7. The van der Waals surface area contributed by atoms with Crippen LogP contribution >= 0.6 is 0 Å². The zero-order valence-corrected chi connectivity index (χ0v) is 12.5. The fraction of sp³-hybridized carbons (Fsp3) is 0.333. The first-order chi connectivity index (χ1) is 10.6. The summed E-state index contributed by atoms with van der Waals surface area (Å²) in [6, 6.07) is 4.82. The highest BCUT2D eigenvalue weighted by Gasteiger charge is 2.22. The number of carbonyl (C=O) groups excluding carboxylic acids is 1. The molecule has 0 fully saturated rings. The molecule has 3 rings (SSSR count). The molecule has 0 aliphatic carbocycles. The predicted octanol–water partition coefficient (Wildman–Crippen LogP) is 1.07. The molecule has 2 aromatic rings. The van der Waals surface area contributed by atoms with Gasteiger partial charge in [0.05, 0.1) is 5.69 Å². The minimum absolute atomic E-state index is 0.231. The van der Waals surface area contributed by atoms with Crippen molar-refractivity contribution < 1.29 is 14.3 Å². The Morgan fingerprint density at radius 1 is 1.41 bits per heavy atom. The third kappa shape index (κ3) is 2.62. The molecular weight excluding hydrogens is 284 g/mol. The first kappa shape index (κ1) is 14.4. The molecule has 1 amide bonds. The fourth-order valence-electron chi connectivity index (χ4n) is 2.50. The number of ether oxygens (including phenoxy) is 2. The van der Waals surface area contributed by atoms with Gasteiger partial charge in [-0.05, 0) is 31.5 Å². The number of benzene rings is 1. The Labute approximate surface area is 127 Å². The topological polar surface area (TPSA) is 102 Å². The molecule has 116 valence electrons. The normalized spacial score (nSPS) is 14.0. The van der Waals surface area contributed by atoms with Crippen LogP contribution in [0.3, 0.4) is 0 Å². The Morgan fingerprint density at radius 2 is 2.18 bits per heavy atom. The van der Waals surface area contributed by atoms with Gasteiger partial charge in [-0.3, -0.25) is 9.89 Å². The van der Waals surface area contributed by atoms with Crippen LogP contribution in [0.1, 0.15) is 28.6 Å². The van der Waals surface area contributed by atoms with Gasteiger partial charge >= 0.3 is 0 Å². The lowest BCUT2D eigenvalue weighted by atomic mass is 10.1. The Kier molecular flexibility index (Phi) is 3.72. The van der Waals surface area contributed by atoms with Crippen LogP contribution in [0.2, 0.25) is 0 Å². The smallest absolute Gasteiger partial charge is 0.241 e. The number of hydrogen-bond donors (Lipinski definition) is 3. The minimum atomic E-state index is -0.743. The SMILES string of the molecule is Cc1n[nH]c(C)c1C(N)C(=O)NCc1ccc2c(c1)OCO2. The van der Waals surface area contributed by atoms with Crippen LogP contribution in [0.25, 0.3) is 0 Å². The molecule has 2 heterocycles. The number of aryl methyl sites for hydroxylation is 2. The maximum Gasteiger partial charge on any atom is 0.241 e. The minimum Gasteiger partial charge on any atom is -0.454 e. The summed E-state index contributed by atoms with van der Waals surface area (Å²) in [6.45, 7) is 4.28. The number of H-pyrrole nitrogens is 1. The van der Waals surface area contributed by atoms with Gasteiger partial charge in [0.2, 0.25) is 12.7 Å². The van der Waals surface area contributed by atoms with Crippen molar-refractivity contribution in [2.75, 3.05) is 6.79 Å². The molecule has 1 unspecified atom stereocenters. The summed E-state index contributed by atoms with van der Waals surface area (Å²) >= 11 is 0. The van der Waals surface area contributed by atoms with Gasteiger partial charge < -0.3 is 20.5 Å². The van der Waals surface area contributed by atoms with Gasteiger partial charge in [-0.1, -0.05) is 6.07 Å². The number of aromatic amines is 1. The molecule has 1 atom stereocenters. The third-order valence-corrected chi connectivity index (χ3v) is 3.68. The lowest BCUT2D eigenvalue weighted by Gasteiger charge is -2.13. The quantitative estimate of drug-likeness (QED) is 0.784. The first-order valence-corrected chi connectivity index (χ1v) is 6.99. The zero-order valence-electron chi connectivity index (χ0n) is 12.5.